The van der Waals surface area contributed by atoms with Crippen molar-refractivity contribution in [3.8, 4) is 5.75 Å². The van der Waals surface area contributed by atoms with Gasteiger partial charge in [-0.25, -0.2) is 0 Å². The SMILES string of the molecule is COCc1ccc(OCc2ccccc2)c(CCCc2ccc(C(=O)[O-])cc2)c1. The van der Waals surface area contributed by atoms with Gasteiger partial charge in [0.15, 0.2) is 0 Å². The summed E-state index contributed by atoms with van der Waals surface area (Å²) >= 11 is 0. The molecule has 4 heteroatoms. The molecule has 29 heavy (non-hydrogen) atoms. The minimum Gasteiger partial charge on any atom is -0.545 e. The van der Waals surface area contributed by atoms with Gasteiger partial charge in [-0.05, 0) is 59.2 Å². The third-order valence-electron chi connectivity index (χ3n) is 4.77. The smallest absolute Gasteiger partial charge is 0.123 e. The van der Waals surface area contributed by atoms with E-state index in [9.17, 15) is 9.90 Å². The van der Waals surface area contributed by atoms with Crippen molar-refractivity contribution in [2.24, 2.45) is 0 Å². The first-order chi connectivity index (χ1) is 14.2. The zero-order valence-electron chi connectivity index (χ0n) is 16.6. The van der Waals surface area contributed by atoms with Crippen LogP contribution in [0, 0.1) is 0 Å². The van der Waals surface area contributed by atoms with Crippen LogP contribution in [0.15, 0.2) is 72.8 Å². The summed E-state index contributed by atoms with van der Waals surface area (Å²) in [5, 5.41) is 10.9. The van der Waals surface area contributed by atoms with Crippen LogP contribution in [0.3, 0.4) is 0 Å². The molecule has 3 rings (SSSR count). The first kappa shape index (κ1) is 20.6. The molecule has 0 amide bonds. The fraction of sp³-hybridized carbons (Fsp3) is 0.240. The van der Waals surface area contributed by atoms with Crippen LogP contribution in [0.2, 0.25) is 0 Å². The molecule has 4 nitrogen and oxygen atoms in total. The van der Waals surface area contributed by atoms with Crippen molar-refractivity contribution < 1.29 is 19.4 Å². The van der Waals surface area contributed by atoms with Crippen LogP contribution in [-0.2, 0) is 30.8 Å². The lowest BCUT2D eigenvalue weighted by Crippen LogP contribution is -2.21. The molecule has 0 bridgehead atoms. The number of benzene rings is 3. The van der Waals surface area contributed by atoms with Crippen molar-refractivity contribution >= 4 is 5.97 Å². The number of carbonyl (C=O) groups is 1. The van der Waals surface area contributed by atoms with Gasteiger partial charge in [0.05, 0.1) is 12.6 Å². The van der Waals surface area contributed by atoms with Crippen molar-refractivity contribution in [1.82, 2.24) is 0 Å². The van der Waals surface area contributed by atoms with Crippen LogP contribution in [0.4, 0.5) is 0 Å². The summed E-state index contributed by atoms with van der Waals surface area (Å²) in [5.74, 6) is -0.257. The van der Waals surface area contributed by atoms with Crippen LogP contribution in [0.25, 0.3) is 0 Å². The zero-order chi connectivity index (χ0) is 20.5. The lowest BCUT2D eigenvalue weighted by atomic mass is 10.0. The van der Waals surface area contributed by atoms with E-state index in [4.69, 9.17) is 9.47 Å². The van der Waals surface area contributed by atoms with Gasteiger partial charge >= 0.3 is 0 Å². The van der Waals surface area contributed by atoms with E-state index in [0.29, 0.717) is 13.2 Å². The van der Waals surface area contributed by atoms with E-state index in [1.165, 1.54) is 0 Å². The van der Waals surface area contributed by atoms with E-state index in [-0.39, 0.29) is 5.56 Å². The zero-order valence-corrected chi connectivity index (χ0v) is 16.6. The minimum atomic E-state index is -1.15. The van der Waals surface area contributed by atoms with E-state index in [1.54, 1.807) is 19.2 Å². The van der Waals surface area contributed by atoms with Gasteiger partial charge in [0.1, 0.15) is 12.4 Å². The number of carboxylic acids is 1. The van der Waals surface area contributed by atoms with Gasteiger partial charge < -0.3 is 19.4 Å². The Morgan fingerprint density at radius 1 is 0.828 bits per heavy atom. The second-order valence-corrected chi connectivity index (χ2v) is 6.99. The lowest BCUT2D eigenvalue weighted by molar-refractivity contribution is -0.255. The molecule has 0 fully saturated rings. The Balaban J connectivity index is 1.64. The van der Waals surface area contributed by atoms with Gasteiger partial charge in [0, 0.05) is 7.11 Å². The average Bonchev–Trinajstić information content (AvgIpc) is 2.74. The van der Waals surface area contributed by atoms with E-state index < -0.39 is 5.97 Å². The molecule has 0 unspecified atom stereocenters. The molecule has 0 radical (unpaired) electrons. The number of aromatic carboxylic acids is 1. The topological polar surface area (TPSA) is 58.6 Å². The van der Waals surface area contributed by atoms with E-state index in [2.05, 4.69) is 18.2 Å². The predicted molar refractivity (Wildman–Crippen MR) is 111 cm³/mol. The first-order valence-corrected chi connectivity index (χ1v) is 9.73. The van der Waals surface area contributed by atoms with Gasteiger partial charge in [0.25, 0.3) is 0 Å². The summed E-state index contributed by atoms with van der Waals surface area (Å²) in [6.45, 7) is 1.10. The summed E-state index contributed by atoms with van der Waals surface area (Å²) in [4.78, 5) is 10.9. The summed E-state index contributed by atoms with van der Waals surface area (Å²) in [6.07, 6.45) is 2.66. The summed E-state index contributed by atoms with van der Waals surface area (Å²) in [7, 11) is 1.69. The lowest BCUT2D eigenvalue weighted by Gasteiger charge is -2.14. The number of hydrogen-bond donors (Lipinski definition) is 0. The monoisotopic (exact) mass is 389 g/mol. The number of methoxy groups -OCH3 is 1. The van der Waals surface area contributed by atoms with Crippen molar-refractivity contribution in [2.45, 2.75) is 32.5 Å². The number of carbonyl (C=O) groups excluding carboxylic acids is 1. The van der Waals surface area contributed by atoms with Gasteiger partial charge in [-0.15, -0.1) is 0 Å². The molecule has 0 heterocycles. The molecule has 0 aromatic heterocycles. The van der Waals surface area contributed by atoms with Crippen LogP contribution >= 0.6 is 0 Å². The van der Waals surface area contributed by atoms with Crippen LogP contribution in [0.1, 0.15) is 39.0 Å². The van der Waals surface area contributed by atoms with Crippen molar-refractivity contribution in [1.29, 1.82) is 0 Å². The molecule has 0 aliphatic carbocycles. The summed E-state index contributed by atoms with van der Waals surface area (Å²) in [6, 6.07) is 23.2. The molecular weight excluding hydrogens is 364 g/mol. The molecule has 0 saturated heterocycles. The highest BCUT2D eigenvalue weighted by molar-refractivity contribution is 5.85. The summed E-state index contributed by atoms with van der Waals surface area (Å²) < 4.78 is 11.4. The van der Waals surface area contributed by atoms with Crippen LogP contribution in [0.5, 0.6) is 5.75 Å². The van der Waals surface area contributed by atoms with E-state index >= 15 is 0 Å². The molecule has 0 aliphatic heterocycles. The fourth-order valence-corrected chi connectivity index (χ4v) is 3.25. The normalized spacial score (nSPS) is 10.7. The molecule has 3 aromatic rings. The molecule has 0 spiro atoms. The Kier molecular flexibility index (Phi) is 7.42. The Bertz CT molecular complexity index is 917. The first-order valence-electron chi connectivity index (χ1n) is 9.73. The molecule has 0 atom stereocenters. The second-order valence-electron chi connectivity index (χ2n) is 6.99. The Morgan fingerprint density at radius 3 is 2.24 bits per heavy atom. The highest BCUT2D eigenvalue weighted by Crippen LogP contribution is 2.24. The highest BCUT2D eigenvalue weighted by Gasteiger charge is 2.07. The molecule has 0 N–H and O–H groups in total. The van der Waals surface area contributed by atoms with Crippen LogP contribution in [-0.4, -0.2) is 13.1 Å². The predicted octanol–water partition coefficient (Wildman–Crippen LogP) is 3.95. The molecular formula is C25H25O4-. The molecule has 150 valence electrons. The second kappa shape index (κ2) is 10.4. The van der Waals surface area contributed by atoms with Gasteiger partial charge in [-0.3, -0.25) is 0 Å². The Labute approximate surface area is 171 Å². The maximum atomic E-state index is 10.9. The van der Waals surface area contributed by atoms with Gasteiger partial charge in [0.2, 0.25) is 0 Å². The van der Waals surface area contributed by atoms with E-state index in [0.717, 1.165) is 47.3 Å². The maximum absolute atomic E-state index is 10.9. The molecule has 0 aliphatic rings. The van der Waals surface area contributed by atoms with Crippen molar-refractivity contribution in [3.05, 3.63) is 101 Å². The number of carboxylic acid groups (broad SMARTS) is 1. The largest absolute Gasteiger partial charge is 0.545 e. The third kappa shape index (κ3) is 6.19. The highest BCUT2D eigenvalue weighted by atomic mass is 16.5. The number of rotatable bonds is 10. The average molecular weight is 389 g/mol. The third-order valence-corrected chi connectivity index (χ3v) is 4.77. The van der Waals surface area contributed by atoms with E-state index in [1.807, 2.05) is 42.5 Å². The summed E-state index contributed by atoms with van der Waals surface area (Å²) in [5.41, 5.74) is 4.72. The number of hydrogen-bond acceptors (Lipinski definition) is 4. The van der Waals surface area contributed by atoms with Crippen molar-refractivity contribution in [3.63, 3.8) is 0 Å². The van der Waals surface area contributed by atoms with Gasteiger partial charge in [-0.2, -0.15) is 0 Å². The van der Waals surface area contributed by atoms with Crippen LogP contribution < -0.4 is 9.84 Å². The van der Waals surface area contributed by atoms with Gasteiger partial charge in [-0.1, -0.05) is 60.7 Å². The number of aryl methyl sites for hydroxylation is 2. The number of ether oxygens (including phenoxy) is 2. The fourth-order valence-electron chi connectivity index (χ4n) is 3.25. The Morgan fingerprint density at radius 2 is 1.55 bits per heavy atom. The molecule has 3 aromatic carbocycles. The van der Waals surface area contributed by atoms with Crippen molar-refractivity contribution in [2.75, 3.05) is 7.11 Å². The maximum Gasteiger partial charge on any atom is 0.123 e. The minimum absolute atomic E-state index is 0.206. The molecule has 0 saturated carbocycles. The quantitative estimate of drug-likeness (QED) is 0.527. The Hall–Kier alpha value is -3.11. The standard InChI is InChI=1S/C25H26O4/c1-28-17-21-12-15-24(29-18-20-6-3-2-4-7-20)23(16-21)9-5-8-19-10-13-22(14-11-19)25(26)27/h2-4,6-7,10-16H,5,8-9,17-18H2,1H3,(H,26,27)/p-1.